The molecule has 176 valence electrons. The molecule has 9 nitrogen and oxygen atoms in total. The highest BCUT2D eigenvalue weighted by atomic mass is 35.5. The highest BCUT2D eigenvalue weighted by Crippen LogP contribution is 2.33. The first-order chi connectivity index (χ1) is 16.8. The van der Waals surface area contributed by atoms with Crippen LogP contribution < -0.4 is 20.1 Å². The second-order valence-electron chi connectivity index (χ2n) is 7.93. The predicted octanol–water partition coefficient (Wildman–Crippen LogP) is 3.61. The molecule has 10 heteroatoms. The summed E-state index contributed by atoms with van der Waals surface area (Å²) in [6, 6.07) is 13.1. The molecular formula is C24H26ClN7O2. The number of piperazine rings is 1. The van der Waals surface area contributed by atoms with Crippen LogP contribution in [0.25, 0.3) is 10.9 Å². The monoisotopic (exact) mass is 479 g/mol. The number of H-pyrrole nitrogens is 1. The Labute approximate surface area is 202 Å². The summed E-state index contributed by atoms with van der Waals surface area (Å²) < 4.78 is 11.8. The average Bonchev–Trinajstić information content (AvgIpc) is 3.29. The van der Waals surface area contributed by atoms with Crippen molar-refractivity contribution in [3.63, 3.8) is 0 Å². The van der Waals surface area contributed by atoms with E-state index in [1.165, 1.54) is 0 Å². The number of fused-ring (bicyclic) bond motifs is 1. The SMILES string of the molecule is Clc1cc(Nc2nccc3[nH]nc(OCCN4CCNCC4)c23)ccc1OCc1ccccn1. The van der Waals surface area contributed by atoms with E-state index >= 15 is 0 Å². The number of hydrogen-bond acceptors (Lipinski definition) is 8. The standard InChI is InChI=1S/C24H26ClN7O2/c25-19-15-17(4-5-21(19)34-16-18-3-1-2-7-27-18)29-23-22-20(6-8-28-23)30-31-24(22)33-14-13-32-11-9-26-10-12-32/h1-8,15,26H,9-14,16H2,(H,28,29)(H,30,31). The normalized spacial score (nSPS) is 14.3. The van der Waals surface area contributed by atoms with Crippen molar-refractivity contribution in [1.82, 2.24) is 30.4 Å². The second-order valence-corrected chi connectivity index (χ2v) is 8.34. The number of halogens is 1. The van der Waals surface area contributed by atoms with E-state index < -0.39 is 0 Å². The zero-order valence-electron chi connectivity index (χ0n) is 18.6. The van der Waals surface area contributed by atoms with E-state index in [0.717, 1.165) is 55.0 Å². The molecule has 0 atom stereocenters. The zero-order chi connectivity index (χ0) is 23.2. The third-order valence-electron chi connectivity index (χ3n) is 5.59. The molecule has 0 amide bonds. The van der Waals surface area contributed by atoms with Crippen LogP contribution in [0.1, 0.15) is 5.69 Å². The van der Waals surface area contributed by atoms with E-state index in [1.807, 2.05) is 36.4 Å². The lowest BCUT2D eigenvalue weighted by Crippen LogP contribution is -2.44. The van der Waals surface area contributed by atoms with E-state index in [9.17, 15) is 0 Å². The number of rotatable bonds is 9. The van der Waals surface area contributed by atoms with Crippen molar-refractivity contribution in [2.45, 2.75) is 6.61 Å². The highest BCUT2D eigenvalue weighted by molar-refractivity contribution is 6.32. The fourth-order valence-corrected chi connectivity index (χ4v) is 4.05. The summed E-state index contributed by atoms with van der Waals surface area (Å²) in [5.41, 5.74) is 2.46. The maximum Gasteiger partial charge on any atom is 0.244 e. The lowest BCUT2D eigenvalue weighted by molar-refractivity contribution is 0.189. The van der Waals surface area contributed by atoms with Crippen LogP contribution in [0.2, 0.25) is 5.02 Å². The molecule has 0 aliphatic carbocycles. The molecule has 0 spiro atoms. The quantitative estimate of drug-likeness (QED) is 0.335. The van der Waals surface area contributed by atoms with Gasteiger partial charge in [0.2, 0.25) is 5.88 Å². The molecule has 1 aromatic carbocycles. The fourth-order valence-electron chi connectivity index (χ4n) is 3.81. The minimum atomic E-state index is 0.345. The van der Waals surface area contributed by atoms with Gasteiger partial charge in [-0.25, -0.2) is 4.98 Å². The van der Waals surface area contributed by atoms with Crippen LogP contribution in [0.15, 0.2) is 54.9 Å². The Bertz CT molecular complexity index is 1230. The van der Waals surface area contributed by atoms with Gasteiger partial charge in [0.25, 0.3) is 0 Å². The van der Waals surface area contributed by atoms with Gasteiger partial charge in [-0.3, -0.25) is 15.0 Å². The molecule has 34 heavy (non-hydrogen) atoms. The van der Waals surface area contributed by atoms with Crippen molar-refractivity contribution in [3.8, 4) is 11.6 Å². The first-order valence-corrected chi connectivity index (χ1v) is 11.6. The van der Waals surface area contributed by atoms with Gasteiger partial charge in [0.15, 0.2) is 0 Å². The van der Waals surface area contributed by atoms with Gasteiger partial charge < -0.3 is 20.1 Å². The number of anilines is 2. The van der Waals surface area contributed by atoms with Crippen LogP contribution in [0, 0.1) is 0 Å². The summed E-state index contributed by atoms with van der Waals surface area (Å²) in [6.45, 7) is 5.84. The summed E-state index contributed by atoms with van der Waals surface area (Å²) in [6.07, 6.45) is 3.46. The Hall–Kier alpha value is -3.40. The van der Waals surface area contributed by atoms with Crippen molar-refractivity contribution in [2.24, 2.45) is 0 Å². The van der Waals surface area contributed by atoms with E-state index in [2.05, 4.69) is 35.7 Å². The van der Waals surface area contributed by atoms with Crippen LogP contribution in [0.3, 0.4) is 0 Å². The topological polar surface area (TPSA) is 100 Å². The molecular weight excluding hydrogens is 454 g/mol. The van der Waals surface area contributed by atoms with Crippen molar-refractivity contribution in [2.75, 3.05) is 44.6 Å². The number of aromatic amines is 1. The van der Waals surface area contributed by atoms with Gasteiger partial charge in [0, 0.05) is 50.8 Å². The summed E-state index contributed by atoms with van der Waals surface area (Å²) >= 11 is 6.47. The zero-order valence-corrected chi connectivity index (χ0v) is 19.4. The van der Waals surface area contributed by atoms with E-state index in [0.29, 0.717) is 35.7 Å². The molecule has 5 rings (SSSR count). The third kappa shape index (κ3) is 5.39. The Kier molecular flexibility index (Phi) is 7.04. The van der Waals surface area contributed by atoms with Gasteiger partial charge in [-0.15, -0.1) is 5.10 Å². The summed E-state index contributed by atoms with van der Waals surface area (Å²) in [5, 5.41) is 15.4. The first kappa shape index (κ1) is 22.4. The third-order valence-corrected chi connectivity index (χ3v) is 5.89. The Morgan fingerprint density at radius 2 is 1.94 bits per heavy atom. The largest absolute Gasteiger partial charge is 0.486 e. The maximum absolute atomic E-state index is 6.47. The highest BCUT2D eigenvalue weighted by Gasteiger charge is 2.15. The number of pyridine rings is 2. The molecule has 3 N–H and O–H groups in total. The van der Waals surface area contributed by atoms with Crippen LogP contribution >= 0.6 is 11.6 Å². The maximum atomic E-state index is 6.47. The van der Waals surface area contributed by atoms with Gasteiger partial charge in [0.05, 0.1) is 16.2 Å². The smallest absolute Gasteiger partial charge is 0.244 e. The van der Waals surface area contributed by atoms with Gasteiger partial charge in [-0.05, 0) is 36.4 Å². The molecule has 1 aliphatic heterocycles. The molecule has 1 fully saturated rings. The fraction of sp³-hybridized carbons (Fsp3) is 0.292. The average molecular weight is 480 g/mol. The van der Waals surface area contributed by atoms with Crippen LogP contribution in [0.5, 0.6) is 11.6 Å². The summed E-state index contributed by atoms with van der Waals surface area (Å²) in [7, 11) is 0. The number of aromatic nitrogens is 4. The minimum absolute atomic E-state index is 0.345. The molecule has 0 unspecified atom stereocenters. The van der Waals surface area contributed by atoms with Crippen LogP contribution in [0.4, 0.5) is 11.5 Å². The number of hydrogen-bond donors (Lipinski definition) is 3. The van der Waals surface area contributed by atoms with Gasteiger partial charge in [-0.2, -0.15) is 0 Å². The molecule has 3 aromatic heterocycles. The van der Waals surface area contributed by atoms with E-state index in [-0.39, 0.29) is 0 Å². The minimum Gasteiger partial charge on any atom is -0.486 e. The Morgan fingerprint density at radius 1 is 1.03 bits per heavy atom. The predicted molar refractivity (Wildman–Crippen MR) is 132 cm³/mol. The molecule has 0 saturated carbocycles. The molecule has 0 bridgehead atoms. The molecule has 1 aliphatic rings. The summed E-state index contributed by atoms with van der Waals surface area (Å²) in [5.74, 6) is 1.76. The van der Waals surface area contributed by atoms with Crippen LogP contribution in [-0.4, -0.2) is 64.4 Å². The lowest BCUT2D eigenvalue weighted by atomic mass is 10.2. The molecule has 4 aromatic rings. The lowest BCUT2D eigenvalue weighted by Gasteiger charge is -2.26. The van der Waals surface area contributed by atoms with Gasteiger partial charge >= 0.3 is 0 Å². The molecule has 0 radical (unpaired) electrons. The van der Waals surface area contributed by atoms with E-state index in [4.69, 9.17) is 21.1 Å². The second kappa shape index (κ2) is 10.7. The molecule has 1 saturated heterocycles. The van der Waals surface area contributed by atoms with Crippen molar-refractivity contribution in [3.05, 3.63) is 65.6 Å². The van der Waals surface area contributed by atoms with Gasteiger partial charge in [0.1, 0.15) is 30.2 Å². The van der Waals surface area contributed by atoms with Crippen LogP contribution in [-0.2, 0) is 6.61 Å². The number of nitrogens with zero attached hydrogens (tertiary/aromatic N) is 4. The summed E-state index contributed by atoms with van der Waals surface area (Å²) in [4.78, 5) is 11.1. The van der Waals surface area contributed by atoms with E-state index in [1.54, 1.807) is 18.5 Å². The van der Waals surface area contributed by atoms with Gasteiger partial charge in [-0.1, -0.05) is 17.7 Å². The Balaban J connectivity index is 1.26. The number of ether oxygens (including phenoxy) is 2. The first-order valence-electron chi connectivity index (χ1n) is 11.2. The van der Waals surface area contributed by atoms with Crippen molar-refractivity contribution < 1.29 is 9.47 Å². The van der Waals surface area contributed by atoms with Crippen molar-refractivity contribution >= 4 is 34.0 Å². The number of nitrogens with one attached hydrogen (secondary N) is 3. The Morgan fingerprint density at radius 3 is 2.76 bits per heavy atom. The van der Waals surface area contributed by atoms with Crippen molar-refractivity contribution in [1.29, 1.82) is 0 Å². The number of benzene rings is 1. The molecule has 4 heterocycles.